The topological polar surface area (TPSA) is 72.4 Å². The van der Waals surface area contributed by atoms with E-state index in [0.717, 1.165) is 29.5 Å². The highest BCUT2D eigenvalue weighted by atomic mass is 16.3. The van der Waals surface area contributed by atoms with E-state index in [1.165, 1.54) is 5.01 Å². The molecule has 3 rings (SSSR count). The zero-order valence-electron chi connectivity index (χ0n) is 10.4. The Bertz CT molecular complexity index is 626. The Morgan fingerprint density at radius 3 is 2.83 bits per heavy atom. The van der Waals surface area contributed by atoms with Crippen LogP contribution in [0, 0.1) is 6.92 Å². The average Bonchev–Trinajstić information content (AvgIpc) is 3.04. The number of carbonyl (C=O) groups is 1. The normalized spacial score (nSPS) is 16.8. The molecule has 0 saturated heterocycles. The Labute approximate surface area is 105 Å². The lowest BCUT2D eigenvalue weighted by atomic mass is 9.94. The van der Waals surface area contributed by atoms with Crippen LogP contribution in [0.4, 0.5) is 0 Å². The Morgan fingerprint density at radius 1 is 1.50 bits per heavy atom. The number of aromatic nitrogens is 1. The molecule has 5 nitrogen and oxygen atoms in total. The van der Waals surface area contributed by atoms with Crippen molar-refractivity contribution in [1.82, 2.24) is 9.99 Å². The number of rotatable bonds is 2. The van der Waals surface area contributed by atoms with Gasteiger partial charge in [0.1, 0.15) is 5.52 Å². The molecular weight excluding hydrogens is 230 g/mol. The van der Waals surface area contributed by atoms with Crippen LogP contribution in [-0.2, 0) is 10.2 Å². The minimum absolute atomic E-state index is 0.0434. The van der Waals surface area contributed by atoms with Gasteiger partial charge in [0.25, 0.3) is 0 Å². The average molecular weight is 245 g/mol. The first-order chi connectivity index (χ1) is 8.53. The van der Waals surface area contributed by atoms with E-state index >= 15 is 0 Å². The lowest BCUT2D eigenvalue weighted by Crippen LogP contribution is -2.41. The Hall–Kier alpha value is -1.88. The molecule has 1 saturated carbocycles. The number of nitrogens with zero attached hydrogens (tertiary/aromatic N) is 2. The van der Waals surface area contributed by atoms with Crippen molar-refractivity contribution in [3.8, 4) is 0 Å². The van der Waals surface area contributed by atoms with Crippen molar-refractivity contribution in [3.05, 3.63) is 29.7 Å². The fraction of sp³-hybridized carbons (Fsp3) is 0.385. The first-order valence-electron chi connectivity index (χ1n) is 5.93. The molecule has 1 aromatic heterocycles. The SMILES string of the molecule is Cc1nc2ccc(C3(C(=O)N(C)N)CC3)cc2o1. The summed E-state index contributed by atoms with van der Waals surface area (Å²) in [7, 11) is 1.58. The van der Waals surface area contributed by atoms with Crippen molar-refractivity contribution < 1.29 is 9.21 Å². The molecule has 2 aromatic rings. The van der Waals surface area contributed by atoms with E-state index in [1.54, 1.807) is 7.05 Å². The summed E-state index contributed by atoms with van der Waals surface area (Å²) in [5.74, 6) is 6.15. The first-order valence-corrected chi connectivity index (χ1v) is 5.93. The summed E-state index contributed by atoms with van der Waals surface area (Å²) in [4.78, 5) is 16.4. The van der Waals surface area contributed by atoms with E-state index in [2.05, 4.69) is 4.98 Å². The zero-order valence-corrected chi connectivity index (χ0v) is 10.4. The van der Waals surface area contributed by atoms with E-state index in [1.807, 2.05) is 25.1 Å². The molecule has 0 unspecified atom stereocenters. The molecule has 0 atom stereocenters. The standard InChI is InChI=1S/C13H15N3O2/c1-8-15-10-4-3-9(7-11(10)18-8)13(5-6-13)12(17)16(2)14/h3-4,7H,5-6,14H2,1-2H3. The smallest absolute Gasteiger partial charge is 0.246 e. The number of aryl methyl sites for hydroxylation is 1. The number of amides is 1. The maximum absolute atomic E-state index is 12.1. The number of hydrogen-bond donors (Lipinski definition) is 1. The van der Waals surface area contributed by atoms with E-state index in [0.29, 0.717) is 5.89 Å². The van der Waals surface area contributed by atoms with Crippen LogP contribution in [0.3, 0.4) is 0 Å². The predicted octanol–water partition coefficient (Wildman–Crippen LogP) is 1.50. The van der Waals surface area contributed by atoms with E-state index in [-0.39, 0.29) is 5.91 Å². The molecule has 0 aliphatic heterocycles. The van der Waals surface area contributed by atoms with Crippen molar-refractivity contribution in [2.75, 3.05) is 7.05 Å². The third kappa shape index (κ3) is 1.51. The lowest BCUT2D eigenvalue weighted by molar-refractivity contribution is -0.132. The summed E-state index contributed by atoms with van der Waals surface area (Å²) in [5.41, 5.74) is 2.07. The molecule has 1 fully saturated rings. The second kappa shape index (κ2) is 3.55. The van der Waals surface area contributed by atoms with Crippen molar-refractivity contribution >= 4 is 17.0 Å². The van der Waals surface area contributed by atoms with Crippen molar-refractivity contribution in [2.45, 2.75) is 25.2 Å². The summed E-state index contributed by atoms with van der Waals surface area (Å²) in [5, 5.41) is 1.17. The third-order valence-electron chi connectivity index (χ3n) is 3.53. The molecule has 1 aliphatic rings. The minimum atomic E-state index is -0.446. The molecule has 18 heavy (non-hydrogen) atoms. The summed E-state index contributed by atoms with van der Waals surface area (Å²) in [6.07, 6.45) is 1.68. The van der Waals surface area contributed by atoms with Gasteiger partial charge in [-0.3, -0.25) is 9.80 Å². The van der Waals surface area contributed by atoms with Gasteiger partial charge in [-0.25, -0.2) is 10.8 Å². The lowest BCUT2D eigenvalue weighted by Gasteiger charge is -2.19. The van der Waals surface area contributed by atoms with Gasteiger partial charge < -0.3 is 4.42 Å². The highest BCUT2D eigenvalue weighted by Gasteiger charge is 2.52. The van der Waals surface area contributed by atoms with Crippen LogP contribution in [0.15, 0.2) is 22.6 Å². The van der Waals surface area contributed by atoms with Gasteiger partial charge in [0, 0.05) is 14.0 Å². The summed E-state index contributed by atoms with van der Waals surface area (Å²) < 4.78 is 5.50. The number of likely N-dealkylation sites (N-methyl/N-ethyl adjacent to an activating group) is 1. The maximum atomic E-state index is 12.1. The van der Waals surface area contributed by atoms with Crippen molar-refractivity contribution in [2.24, 2.45) is 5.84 Å². The monoisotopic (exact) mass is 245 g/mol. The number of hydrazine groups is 1. The first kappa shape index (κ1) is 11.2. The van der Waals surface area contributed by atoms with Gasteiger partial charge in [-0.1, -0.05) is 6.07 Å². The van der Waals surface area contributed by atoms with E-state index in [4.69, 9.17) is 10.3 Å². The fourth-order valence-electron chi connectivity index (χ4n) is 2.43. The van der Waals surface area contributed by atoms with Crippen LogP contribution in [0.1, 0.15) is 24.3 Å². The molecule has 0 spiro atoms. The van der Waals surface area contributed by atoms with Gasteiger partial charge in [0.2, 0.25) is 5.91 Å². The Morgan fingerprint density at radius 2 is 2.22 bits per heavy atom. The number of oxazole rings is 1. The number of fused-ring (bicyclic) bond motifs is 1. The van der Waals surface area contributed by atoms with Gasteiger partial charge in [-0.05, 0) is 30.5 Å². The van der Waals surface area contributed by atoms with Crippen LogP contribution >= 0.6 is 0 Å². The number of benzene rings is 1. The van der Waals surface area contributed by atoms with Gasteiger partial charge in [0.15, 0.2) is 11.5 Å². The highest BCUT2D eigenvalue weighted by molar-refractivity contribution is 5.91. The van der Waals surface area contributed by atoms with Crippen LogP contribution in [0.25, 0.3) is 11.1 Å². The molecule has 94 valence electrons. The van der Waals surface area contributed by atoms with Crippen LogP contribution < -0.4 is 5.84 Å². The number of hydrogen-bond acceptors (Lipinski definition) is 4. The molecule has 1 heterocycles. The second-order valence-electron chi connectivity index (χ2n) is 4.91. The van der Waals surface area contributed by atoms with E-state index < -0.39 is 5.41 Å². The predicted molar refractivity (Wildman–Crippen MR) is 66.6 cm³/mol. The van der Waals surface area contributed by atoms with Crippen LogP contribution in [0.5, 0.6) is 0 Å². The van der Waals surface area contributed by atoms with Crippen molar-refractivity contribution in [3.63, 3.8) is 0 Å². The quantitative estimate of drug-likeness (QED) is 0.494. The molecule has 1 aliphatic carbocycles. The molecular formula is C13H15N3O2. The Balaban J connectivity index is 2.06. The summed E-state index contributed by atoms with van der Waals surface area (Å²) in [6.45, 7) is 1.81. The zero-order chi connectivity index (χ0) is 12.9. The van der Waals surface area contributed by atoms with Gasteiger partial charge in [-0.15, -0.1) is 0 Å². The van der Waals surface area contributed by atoms with Gasteiger partial charge >= 0.3 is 0 Å². The number of nitrogens with two attached hydrogens (primary N) is 1. The van der Waals surface area contributed by atoms with Crippen LogP contribution in [0.2, 0.25) is 0 Å². The molecule has 5 heteroatoms. The maximum Gasteiger partial charge on any atom is 0.246 e. The van der Waals surface area contributed by atoms with Gasteiger partial charge in [0.05, 0.1) is 5.41 Å². The molecule has 1 aromatic carbocycles. The highest BCUT2D eigenvalue weighted by Crippen LogP contribution is 2.49. The molecule has 0 bridgehead atoms. The largest absolute Gasteiger partial charge is 0.441 e. The third-order valence-corrected chi connectivity index (χ3v) is 3.53. The molecule has 0 radical (unpaired) electrons. The summed E-state index contributed by atoms with van der Waals surface area (Å²) >= 11 is 0. The van der Waals surface area contributed by atoms with Crippen molar-refractivity contribution in [1.29, 1.82) is 0 Å². The van der Waals surface area contributed by atoms with Gasteiger partial charge in [-0.2, -0.15) is 0 Å². The number of carbonyl (C=O) groups excluding carboxylic acids is 1. The molecule has 1 amide bonds. The summed E-state index contributed by atoms with van der Waals surface area (Å²) in [6, 6.07) is 5.74. The fourth-order valence-corrected chi connectivity index (χ4v) is 2.43. The minimum Gasteiger partial charge on any atom is -0.441 e. The second-order valence-corrected chi connectivity index (χ2v) is 4.91. The van der Waals surface area contributed by atoms with Crippen LogP contribution in [-0.4, -0.2) is 22.9 Å². The molecule has 2 N–H and O–H groups in total. The Kier molecular flexibility index (Phi) is 2.22. The van der Waals surface area contributed by atoms with E-state index in [9.17, 15) is 4.79 Å².